The van der Waals surface area contributed by atoms with Gasteiger partial charge in [-0.25, -0.2) is 4.98 Å². The third kappa shape index (κ3) is 5.12. The predicted molar refractivity (Wildman–Crippen MR) is 130 cm³/mol. The zero-order valence-corrected chi connectivity index (χ0v) is 19.3. The number of aromatic nitrogens is 2. The van der Waals surface area contributed by atoms with Gasteiger partial charge in [0.2, 0.25) is 0 Å². The third-order valence-electron chi connectivity index (χ3n) is 5.45. The maximum Gasteiger partial charge on any atom is 0.258 e. The monoisotopic (exact) mass is 441 g/mol. The van der Waals surface area contributed by atoms with E-state index in [1.165, 1.54) is 16.0 Å². The zero-order chi connectivity index (χ0) is 23.6. The highest BCUT2D eigenvalue weighted by Crippen LogP contribution is 2.23. The van der Waals surface area contributed by atoms with Crippen molar-refractivity contribution in [2.24, 2.45) is 0 Å². The minimum absolute atomic E-state index is 0.0418. The summed E-state index contributed by atoms with van der Waals surface area (Å²) in [4.78, 5) is 29.4. The Bertz CT molecular complexity index is 1350. The van der Waals surface area contributed by atoms with Crippen LogP contribution in [0.3, 0.4) is 0 Å². The van der Waals surface area contributed by atoms with E-state index in [-0.39, 0.29) is 23.5 Å². The molecule has 4 aromatic rings. The Morgan fingerprint density at radius 3 is 2.39 bits per heavy atom. The Morgan fingerprint density at radius 2 is 1.73 bits per heavy atom. The molecule has 6 nitrogen and oxygen atoms in total. The number of benzene rings is 2. The van der Waals surface area contributed by atoms with Crippen molar-refractivity contribution in [2.45, 2.75) is 39.7 Å². The summed E-state index contributed by atoms with van der Waals surface area (Å²) >= 11 is 0. The number of ether oxygens (including phenoxy) is 1. The first-order valence-electron chi connectivity index (χ1n) is 10.8. The molecule has 0 aliphatic rings. The summed E-state index contributed by atoms with van der Waals surface area (Å²) in [5, 5.41) is 2.90. The normalized spacial score (nSPS) is 11.4. The summed E-state index contributed by atoms with van der Waals surface area (Å²) in [7, 11) is 0. The standard InChI is InChI=1S/C27H27N3O3/c1-18-6-5-15-30-24(31)16-22(28-25(18)30)17-33-23-13-11-21(12-14-23)29-26(32)19-7-9-20(10-8-19)27(2,3)4/h5-16H,17H2,1-4H3,(H,29,32). The van der Waals surface area contributed by atoms with Gasteiger partial charge in [0, 0.05) is 23.5 Å². The van der Waals surface area contributed by atoms with E-state index in [4.69, 9.17) is 4.74 Å². The second-order valence-corrected chi connectivity index (χ2v) is 9.07. The molecule has 2 aromatic heterocycles. The Labute approximate surface area is 192 Å². The molecule has 0 saturated heterocycles. The summed E-state index contributed by atoms with van der Waals surface area (Å²) in [5.74, 6) is 0.453. The lowest BCUT2D eigenvalue weighted by molar-refractivity contribution is 0.102. The van der Waals surface area contributed by atoms with Gasteiger partial charge in [-0.3, -0.25) is 14.0 Å². The Kier molecular flexibility index (Phi) is 6.01. The number of nitrogens with zero attached hydrogens (tertiary/aromatic N) is 2. The van der Waals surface area contributed by atoms with Crippen LogP contribution in [0, 0.1) is 6.92 Å². The lowest BCUT2D eigenvalue weighted by atomic mass is 9.87. The molecule has 4 rings (SSSR count). The van der Waals surface area contributed by atoms with E-state index >= 15 is 0 Å². The molecular formula is C27H27N3O3. The van der Waals surface area contributed by atoms with Crippen molar-refractivity contribution in [2.75, 3.05) is 5.32 Å². The largest absolute Gasteiger partial charge is 0.487 e. The maximum absolute atomic E-state index is 12.6. The third-order valence-corrected chi connectivity index (χ3v) is 5.45. The molecule has 1 N–H and O–H groups in total. The fourth-order valence-electron chi connectivity index (χ4n) is 3.50. The first kappa shape index (κ1) is 22.3. The number of fused-ring (bicyclic) bond motifs is 1. The average molecular weight is 442 g/mol. The fraction of sp³-hybridized carbons (Fsp3) is 0.222. The highest BCUT2D eigenvalue weighted by molar-refractivity contribution is 6.04. The number of hydrogen-bond donors (Lipinski definition) is 1. The number of carbonyl (C=O) groups excluding carboxylic acids is 1. The van der Waals surface area contributed by atoms with Crippen molar-refractivity contribution in [3.05, 3.63) is 106 Å². The van der Waals surface area contributed by atoms with Gasteiger partial charge in [-0.15, -0.1) is 0 Å². The molecule has 2 heterocycles. The topological polar surface area (TPSA) is 72.7 Å². The number of aryl methyl sites for hydroxylation is 1. The van der Waals surface area contributed by atoms with Crippen molar-refractivity contribution >= 4 is 17.2 Å². The molecule has 2 aromatic carbocycles. The van der Waals surface area contributed by atoms with Gasteiger partial charge in [-0.2, -0.15) is 0 Å². The van der Waals surface area contributed by atoms with E-state index in [0.29, 0.717) is 28.3 Å². The molecule has 0 radical (unpaired) electrons. The molecule has 0 unspecified atom stereocenters. The number of carbonyl (C=O) groups is 1. The van der Waals surface area contributed by atoms with Crippen LogP contribution in [-0.2, 0) is 12.0 Å². The van der Waals surface area contributed by atoms with E-state index in [0.717, 1.165) is 5.56 Å². The molecule has 1 amide bonds. The minimum atomic E-state index is -0.166. The number of rotatable bonds is 5. The van der Waals surface area contributed by atoms with Crippen molar-refractivity contribution in [1.82, 2.24) is 9.38 Å². The van der Waals surface area contributed by atoms with Crippen molar-refractivity contribution in [1.29, 1.82) is 0 Å². The van der Waals surface area contributed by atoms with Gasteiger partial charge in [0.05, 0.1) is 5.69 Å². The summed E-state index contributed by atoms with van der Waals surface area (Å²) in [6.07, 6.45) is 1.70. The van der Waals surface area contributed by atoms with Crippen LogP contribution in [0.4, 0.5) is 5.69 Å². The van der Waals surface area contributed by atoms with Crippen LogP contribution in [-0.4, -0.2) is 15.3 Å². The summed E-state index contributed by atoms with van der Waals surface area (Å²) in [6, 6.07) is 20.0. The average Bonchev–Trinajstić information content (AvgIpc) is 2.79. The highest BCUT2D eigenvalue weighted by atomic mass is 16.5. The van der Waals surface area contributed by atoms with E-state index in [1.54, 1.807) is 30.5 Å². The molecule has 0 aliphatic carbocycles. The molecule has 33 heavy (non-hydrogen) atoms. The molecule has 0 atom stereocenters. The van der Waals surface area contributed by atoms with Gasteiger partial charge in [0.25, 0.3) is 11.5 Å². The number of amides is 1. The lowest BCUT2D eigenvalue weighted by Crippen LogP contribution is -2.17. The molecule has 6 heteroatoms. The highest BCUT2D eigenvalue weighted by Gasteiger charge is 2.14. The molecule has 0 spiro atoms. The van der Waals surface area contributed by atoms with Crippen molar-refractivity contribution in [3.8, 4) is 5.75 Å². The van der Waals surface area contributed by atoms with E-state index < -0.39 is 0 Å². The summed E-state index contributed by atoms with van der Waals surface area (Å²) in [5.41, 5.74) is 4.46. The smallest absolute Gasteiger partial charge is 0.258 e. The van der Waals surface area contributed by atoms with E-state index in [9.17, 15) is 9.59 Å². The number of pyridine rings is 1. The van der Waals surface area contributed by atoms with Gasteiger partial charge in [0.15, 0.2) is 0 Å². The van der Waals surface area contributed by atoms with Crippen LogP contribution in [0.15, 0.2) is 77.7 Å². The first-order valence-corrected chi connectivity index (χ1v) is 10.8. The second-order valence-electron chi connectivity index (χ2n) is 9.07. The molecule has 0 fully saturated rings. The van der Waals surface area contributed by atoms with Crippen LogP contribution in [0.5, 0.6) is 5.75 Å². The SMILES string of the molecule is Cc1cccn2c(=O)cc(COc3ccc(NC(=O)c4ccc(C(C)(C)C)cc4)cc3)nc12. The van der Waals surface area contributed by atoms with Crippen molar-refractivity contribution < 1.29 is 9.53 Å². The lowest BCUT2D eigenvalue weighted by Gasteiger charge is -2.19. The number of nitrogens with one attached hydrogen (secondary N) is 1. The summed E-state index contributed by atoms with van der Waals surface area (Å²) < 4.78 is 7.32. The van der Waals surface area contributed by atoms with Crippen LogP contribution in [0.2, 0.25) is 0 Å². The van der Waals surface area contributed by atoms with E-state index in [2.05, 4.69) is 31.1 Å². The molecule has 0 saturated carbocycles. The van der Waals surface area contributed by atoms with Crippen LogP contribution >= 0.6 is 0 Å². The molecular weight excluding hydrogens is 414 g/mol. The molecule has 0 aliphatic heterocycles. The van der Waals surface area contributed by atoms with Gasteiger partial charge in [0.1, 0.15) is 18.0 Å². The Hall–Kier alpha value is -3.93. The van der Waals surface area contributed by atoms with Gasteiger partial charge in [-0.1, -0.05) is 39.0 Å². The predicted octanol–water partition coefficient (Wildman–Crippen LogP) is 5.13. The van der Waals surface area contributed by atoms with Gasteiger partial charge < -0.3 is 10.1 Å². The van der Waals surface area contributed by atoms with Gasteiger partial charge in [-0.05, 0) is 65.9 Å². The minimum Gasteiger partial charge on any atom is -0.487 e. The molecule has 168 valence electrons. The Morgan fingerprint density at radius 1 is 1.03 bits per heavy atom. The maximum atomic E-state index is 12.6. The molecule has 0 bridgehead atoms. The zero-order valence-electron chi connectivity index (χ0n) is 19.3. The van der Waals surface area contributed by atoms with Crippen LogP contribution in [0.1, 0.15) is 48.0 Å². The fourth-order valence-corrected chi connectivity index (χ4v) is 3.50. The number of anilines is 1. The van der Waals surface area contributed by atoms with E-state index in [1.807, 2.05) is 43.3 Å². The quantitative estimate of drug-likeness (QED) is 0.466. The van der Waals surface area contributed by atoms with Crippen molar-refractivity contribution in [3.63, 3.8) is 0 Å². The number of hydrogen-bond acceptors (Lipinski definition) is 4. The first-order chi connectivity index (χ1) is 15.7. The Balaban J connectivity index is 1.40. The van der Waals surface area contributed by atoms with Crippen LogP contribution in [0.25, 0.3) is 5.65 Å². The summed E-state index contributed by atoms with van der Waals surface area (Å²) in [6.45, 7) is 8.51. The van der Waals surface area contributed by atoms with Gasteiger partial charge >= 0.3 is 0 Å². The second kappa shape index (κ2) is 8.90. The van der Waals surface area contributed by atoms with Crippen LogP contribution < -0.4 is 15.6 Å².